The minimum Gasteiger partial charge on any atom is -0.368 e. The third kappa shape index (κ3) is 6.27. The first-order valence-corrected chi connectivity index (χ1v) is 12.3. The second-order valence-electron chi connectivity index (χ2n) is 9.52. The van der Waals surface area contributed by atoms with Crippen LogP contribution in [0.5, 0.6) is 0 Å². The Balaban J connectivity index is 1.17. The van der Waals surface area contributed by atoms with Gasteiger partial charge in [-0.05, 0) is 69.0 Å². The van der Waals surface area contributed by atoms with E-state index in [4.69, 9.17) is 5.26 Å². The summed E-state index contributed by atoms with van der Waals surface area (Å²) in [5.41, 5.74) is 2.38. The first-order chi connectivity index (χ1) is 16.5. The number of urea groups is 1. The fourth-order valence-corrected chi connectivity index (χ4v) is 5.07. The van der Waals surface area contributed by atoms with Crippen molar-refractivity contribution in [2.45, 2.75) is 38.8 Å². The lowest BCUT2D eigenvalue weighted by Crippen LogP contribution is -2.56. The van der Waals surface area contributed by atoms with E-state index in [1.807, 2.05) is 22.8 Å². The Morgan fingerprint density at radius 2 is 1.88 bits per heavy atom. The summed E-state index contributed by atoms with van der Waals surface area (Å²) in [5, 5.41) is 12.2. The quantitative estimate of drug-likeness (QED) is 0.697. The Morgan fingerprint density at radius 1 is 1.12 bits per heavy atom. The Kier molecular flexibility index (Phi) is 8.02. The van der Waals surface area contributed by atoms with Crippen molar-refractivity contribution >= 4 is 11.7 Å². The van der Waals surface area contributed by atoms with Crippen LogP contribution in [0.1, 0.15) is 37.3 Å². The highest BCUT2D eigenvalue weighted by atomic mass is 19.1. The second-order valence-corrected chi connectivity index (χ2v) is 9.52. The number of carbonyl (C=O) groups excluding carboxylic acids is 1. The highest BCUT2D eigenvalue weighted by molar-refractivity contribution is 5.75. The van der Waals surface area contributed by atoms with Gasteiger partial charge in [0.15, 0.2) is 0 Å². The summed E-state index contributed by atoms with van der Waals surface area (Å²) in [6.07, 6.45) is 3.37. The van der Waals surface area contributed by atoms with Gasteiger partial charge in [0, 0.05) is 44.5 Å². The maximum atomic E-state index is 13.8. The van der Waals surface area contributed by atoms with Crippen molar-refractivity contribution in [3.8, 4) is 6.07 Å². The van der Waals surface area contributed by atoms with Gasteiger partial charge < -0.3 is 15.1 Å². The van der Waals surface area contributed by atoms with E-state index in [0.717, 1.165) is 26.1 Å². The van der Waals surface area contributed by atoms with Gasteiger partial charge in [-0.3, -0.25) is 4.90 Å². The Labute approximate surface area is 201 Å². The Bertz CT molecular complexity index is 1000. The largest absolute Gasteiger partial charge is 0.368 e. The third-order valence-corrected chi connectivity index (χ3v) is 7.05. The number of amides is 2. The van der Waals surface area contributed by atoms with Gasteiger partial charge in [-0.1, -0.05) is 30.3 Å². The molecule has 0 aliphatic carbocycles. The van der Waals surface area contributed by atoms with Crippen LogP contribution in [-0.4, -0.2) is 61.1 Å². The summed E-state index contributed by atoms with van der Waals surface area (Å²) >= 11 is 0. The lowest BCUT2D eigenvalue weighted by atomic mass is 9.93. The van der Waals surface area contributed by atoms with Gasteiger partial charge >= 0.3 is 6.03 Å². The molecule has 0 aromatic heterocycles. The van der Waals surface area contributed by atoms with Gasteiger partial charge in [0.25, 0.3) is 0 Å². The Hall–Kier alpha value is -3.11. The zero-order chi connectivity index (χ0) is 23.9. The number of nitrogens with zero attached hydrogens (tertiary/aromatic N) is 4. The molecular formula is C27H34FN5O. The molecule has 6 nitrogen and oxygen atoms in total. The molecule has 7 heteroatoms. The monoisotopic (exact) mass is 463 g/mol. The van der Waals surface area contributed by atoms with E-state index >= 15 is 0 Å². The second kappa shape index (κ2) is 11.3. The topological polar surface area (TPSA) is 62.6 Å². The molecule has 0 bridgehead atoms. The summed E-state index contributed by atoms with van der Waals surface area (Å²) < 4.78 is 13.8. The molecule has 180 valence electrons. The summed E-state index contributed by atoms with van der Waals surface area (Å²) in [4.78, 5) is 19.2. The van der Waals surface area contributed by atoms with E-state index in [1.165, 1.54) is 30.5 Å². The van der Waals surface area contributed by atoms with Gasteiger partial charge in [-0.15, -0.1) is 0 Å². The molecule has 0 spiro atoms. The van der Waals surface area contributed by atoms with Gasteiger partial charge in [-0.25, -0.2) is 9.18 Å². The average molecular weight is 464 g/mol. The number of nitriles is 1. The summed E-state index contributed by atoms with van der Waals surface area (Å²) in [6, 6.07) is 17.0. The van der Waals surface area contributed by atoms with E-state index < -0.39 is 5.82 Å². The molecule has 2 aliphatic rings. The number of piperidine rings is 1. The van der Waals surface area contributed by atoms with Crippen LogP contribution in [-0.2, 0) is 6.54 Å². The number of hydrogen-bond donors (Lipinski definition) is 1. The molecule has 2 aromatic rings. The van der Waals surface area contributed by atoms with Crippen molar-refractivity contribution in [2.75, 3.05) is 44.2 Å². The van der Waals surface area contributed by atoms with Crippen molar-refractivity contribution in [3.05, 3.63) is 65.5 Å². The molecule has 0 unspecified atom stereocenters. The summed E-state index contributed by atoms with van der Waals surface area (Å²) in [7, 11) is 0. The normalized spacial score (nSPS) is 19.6. The van der Waals surface area contributed by atoms with Gasteiger partial charge in [0.2, 0.25) is 0 Å². The lowest BCUT2D eigenvalue weighted by Gasteiger charge is -2.41. The lowest BCUT2D eigenvalue weighted by molar-refractivity contribution is 0.162. The number of carbonyl (C=O) groups is 1. The van der Waals surface area contributed by atoms with Crippen LogP contribution in [0.2, 0.25) is 0 Å². The van der Waals surface area contributed by atoms with Crippen LogP contribution in [0.25, 0.3) is 0 Å². The van der Waals surface area contributed by atoms with Crippen LogP contribution < -0.4 is 10.2 Å². The minimum atomic E-state index is -0.409. The van der Waals surface area contributed by atoms with Gasteiger partial charge in [0.05, 0.1) is 11.6 Å². The molecule has 0 radical (unpaired) electrons. The molecule has 2 aromatic carbocycles. The number of hydrogen-bond acceptors (Lipinski definition) is 4. The molecule has 34 heavy (non-hydrogen) atoms. The van der Waals surface area contributed by atoms with Crippen molar-refractivity contribution in [1.29, 1.82) is 5.26 Å². The van der Waals surface area contributed by atoms with Crippen molar-refractivity contribution in [2.24, 2.45) is 5.92 Å². The highest BCUT2D eigenvalue weighted by Crippen LogP contribution is 2.23. The van der Waals surface area contributed by atoms with E-state index in [2.05, 4.69) is 40.5 Å². The first-order valence-electron chi connectivity index (χ1n) is 12.3. The fraction of sp³-hybridized carbons (Fsp3) is 0.481. The average Bonchev–Trinajstić information content (AvgIpc) is 2.85. The summed E-state index contributed by atoms with van der Waals surface area (Å²) in [5.74, 6) is 0.247. The molecule has 1 N–H and O–H groups in total. The molecule has 0 saturated carbocycles. The van der Waals surface area contributed by atoms with Crippen LogP contribution in [0.15, 0.2) is 48.5 Å². The van der Waals surface area contributed by atoms with Crippen LogP contribution in [0, 0.1) is 23.1 Å². The van der Waals surface area contributed by atoms with Gasteiger partial charge in [-0.2, -0.15) is 5.26 Å². The third-order valence-electron chi connectivity index (χ3n) is 7.05. The van der Waals surface area contributed by atoms with Gasteiger partial charge in [0.1, 0.15) is 5.82 Å². The van der Waals surface area contributed by atoms with Crippen LogP contribution in [0.4, 0.5) is 14.9 Å². The summed E-state index contributed by atoms with van der Waals surface area (Å²) in [6.45, 7) is 7.75. The van der Waals surface area contributed by atoms with Crippen molar-refractivity contribution in [3.63, 3.8) is 0 Å². The van der Waals surface area contributed by atoms with E-state index in [-0.39, 0.29) is 12.1 Å². The van der Waals surface area contributed by atoms with E-state index in [9.17, 15) is 9.18 Å². The van der Waals surface area contributed by atoms with Crippen molar-refractivity contribution in [1.82, 2.24) is 15.1 Å². The molecule has 2 aliphatic heterocycles. The number of halogens is 1. The fourth-order valence-electron chi connectivity index (χ4n) is 5.07. The molecule has 2 saturated heterocycles. The first kappa shape index (κ1) is 24.0. The molecule has 1 atom stereocenters. The SMILES string of the molecule is C[C@@H]1CN(c2cc(F)cc(C#N)c2)CCN1C(=O)NCCC1CCN(Cc2ccccc2)CC1. The zero-order valence-electron chi connectivity index (χ0n) is 19.9. The molecule has 2 amide bonds. The number of anilines is 1. The number of benzene rings is 2. The molecule has 4 rings (SSSR count). The smallest absolute Gasteiger partial charge is 0.317 e. The highest BCUT2D eigenvalue weighted by Gasteiger charge is 2.28. The maximum Gasteiger partial charge on any atom is 0.317 e. The van der Waals surface area contributed by atoms with E-state index in [1.54, 1.807) is 6.07 Å². The molecule has 2 heterocycles. The number of piperazine rings is 1. The number of nitrogens with one attached hydrogen (secondary N) is 1. The van der Waals surface area contributed by atoms with E-state index in [0.29, 0.717) is 43.3 Å². The maximum absolute atomic E-state index is 13.8. The zero-order valence-corrected chi connectivity index (χ0v) is 19.9. The Morgan fingerprint density at radius 3 is 2.59 bits per heavy atom. The van der Waals surface area contributed by atoms with Crippen molar-refractivity contribution < 1.29 is 9.18 Å². The predicted octanol–water partition coefficient (Wildman–Crippen LogP) is 4.22. The van der Waals surface area contributed by atoms with Crippen LogP contribution >= 0.6 is 0 Å². The number of likely N-dealkylation sites (tertiary alicyclic amines) is 1. The number of rotatable bonds is 6. The van der Waals surface area contributed by atoms with Crippen LogP contribution in [0.3, 0.4) is 0 Å². The standard InChI is InChI=1S/C27H34FN5O/c1-21-19-32(26-16-24(18-29)15-25(28)17-26)13-14-33(21)27(34)30-10-7-22-8-11-31(12-9-22)20-23-5-3-2-4-6-23/h2-6,15-17,21-22H,7-14,19-20H2,1H3,(H,30,34)/t21-/m1/s1. The predicted molar refractivity (Wildman–Crippen MR) is 132 cm³/mol. The minimum absolute atomic E-state index is 0.00350. The molecule has 2 fully saturated rings. The molecular weight excluding hydrogens is 429 g/mol.